The van der Waals surface area contributed by atoms with E-state index in [1.165, 1.54) is 35.6 Å². The fourth-order valence-corrected chi connectivity index (χ4v) is 4.06. The summed E-state index contributed by atoms with van der Waals surface area (Å²) in [4.78, 5) is 23.6. The van der Waals surface area contributed by atoms with Gasteiger partial charge in [0.05, 0.1) is 16.8 Å². The molecular formula is C23H20FN3O2S. The Labute approximate surface area is 177 Å². The summed E-state index contributed by atoms with van der Waals surface area (Å²) >= 11 is 1.47. The van der Waals surface area contributed by atoms with Crippen LogP contribution >= 0.6 is 11.3 Å². The molecule has 4 rings (SSSR count). The fourth-order valence-electron chi connectivity index (χ4n) is 3.02. The first-order valence-corrected chi connectivity index (χ1v) is 10.3. The summed E-state index contributed by atoms with van der Waals surface area (Å²) in [6.45, 7) is 4.23. The van der Waals surface area contributed by atoms with E-state index in [9.17, 15) is 9.18 Å². The molecule has 2 aromatic carbocycles. The highest BCUT2D eigenvalue weighted by molar-refractivity contribution is 7.22. The molecule has 0 atom stereocenters. The largest absolute Gasteiger partial charge is 0.484 e. The smallest absolute Gasteiger partial charge is 0.267 e. The maximum Gasteiger partial charge on any atom is 0.267 e. The van der Waals surface area contributed by atoms with Crippen LogP contribution in [0.25, 0.3) is 10.2 Å². The predicted octanol–water partition coefficient (Wildman–Crippen LogP) is 5.06. The molecule has 0 spiro atoms. The van der Waals surface area contributed by atoms with Gasteiger partial charge in [0.15, 0.2) is 11.7 Å². The number of aromatic nitrogens is 2. The van der Waals surface area contributed by atoms with E-state index >= 15 is 0 Å². The molecule has 5 nitrogen and oxygen atoms in total. The van der Waals surface area contributed by atoms with Gasteiger partial charge >= 0.3 is 0 Å². The van der Waals surface area contributed by atoms with Crippen molar-refractivity contribution in [3.05, 3.63) is 83.4 Å². The molecule has 0 aliphatic carbocycles. The number of carbonyl (C=O) groups is 1. The zero-order valence-corrected chi connectivity index (χ0v) is 17.4. The number of ether oxygens (including phenoxy) is 1. The predicted molar refractivity (Wildman–Crippen MR) is 116 cm³/mol. The van der Waals surface area contributed by atoms with E-state index in [1.54, 1.807) is 17.3 Å². The Hall–Kier alpha value is -3.32. The molecule has 152 valence electrons. The Bertz CT molecular complexity index is 1180. The number of hydrogen-bond acceptors (Lipinski definition) is 5. The molecule has 7 heteroatoms. The summed E-state index contributed by atoms with van der Waals surface area (Å²) in [5.41, 5.74) is 4.05. The first-order chi connectivity index (χ1) is 14.5. The molecular weight excluding hydrogens is 401 g/mol. The maximum atomic E-state index is 13.1. The van der Waals surface area contributed by atoms with Crippen LogP contribution in [0, 0.1) is 19.7 Å². The third kappa shape index (κ3) is 4.31. The summed E-state index contributed by atoms with van der Waals surface area (Å²) in [5.74, 6) is -0.162. The molecule has 0 bridgehead atoms. The lowest BCUT2D eigenvalue weighted by Gasteiger charge is -2.20. The highest BCUT2D eigenvalue weighted by Crippen LogP contribution is 2.32. The lowest BCUT2D eigenvalue weighted by atomic mass is 10.1. The molecule has 0 unspecified atom stereocenters. The van der Waals surface area contributed by atoms with Crippen molar-refractivity contribution in [2.45, 2.75) is 20.4 Å². The summed E-state index contributed by atoms with van der Waals surface area (Å²) in [6.07, 6.45) is 3.42. The van der Waals surface area contributed by atoms with Gasteiger partial charge in [-0.2, -0.15) is 0 Å². The van der Waals surface area contributed by atoms with Crippen LogP contribution in [0.5, 0.6) is 5.75 Å². The Kier molecular flexibility index (Phi) is 5.72. The minimum Gasteiger partial charge on any atom is -0.484 e. The molecule has 1 amide bonds. The molecule has 0 radical (unpaired) electrons. The van der Waals surface area contributed by atoms with Gasteiger partial charge in [-0.25, -0.2) is 9.37 Å². The first kappa shape index (κ1) is 20.0. The number of aryl methyl sites for hydroxylation is 2. The van der Waals surface area contributed by atoms with Crippen LogP contribution < -0.4 is 9.64 Å². The third-order valence-electron chi connectivity index (χ3n) is 4.84. The lowest BCUT2D eigenvalue weighted by Crippen LogP contribution is -2.34. The van der Waals surface area contributed by atoms with Gasteiger partial charge in [-0.05, 0) is 66.9 Å². The van der Waals surface area contributed by atoms with Crippen molar-refractivity contribution >= 4 is 32.6 Å². The molecule has 0 fully saturated rings. The third-order valence-corrected chi connectivity index (χ3v) is 5.89. The number of benzene rings is 2. The molecule has 0 saturated heterocycles. The van der Waals surface area contributed by atoms with Crippen molar-refractivity contribution in [3.8, 4) is 5.75 Å². The number of amides is 1. The number of carbonyl (C=O) groups excluding carboxylic acids is 1. The summed E-state index contributed by atoms with van der Waals surface area (Å²) < 4.78 is 19.7. The van der Waals surface area contributed by atoms with Crippen LogP contribution in [0.15, 0.2) is 60.9 Å². The van der Waals surface area contributed by atoms with Crippen molar-refractivity contribution < 1.29 is 13.9 Å². The number of hydrogen-bond donors (Lipinski definition) is 0. The van der Waals surface area contributed by atoms with Crippen LogP contribution in [0.3, 0.4) is 0 Å². The Morgan fingerprint density at radius 3 is 2.67 bits per heavy atom. The molecule has 2 heterocycles. The summed E-state index contributed by atoms with van der Waals surface area (Å²) in [7, 11) is 0. The number of pyridine rings is 1. The minimum absolute atomic E-state index is 0.181. The molecule has 0 saturated carbocycles. The van der Waals surface area contributed by atoms with Gasteiger partial charge in [-0.3, -0.25) is 14.7 Å². The van der Waals surface area contributed by atoms with E-state index in [4.69, 9.17) is 9.72 Å². The standard InChI is InChI=1S/C23H20FN3O2S/c1-15-5-10-20-22(16(15)2)26-23(30-20)27(13-17-4-3-11-25-12-17)21(28)14-29-19-8-6-18(24)7-9-19/h3-12H,13-14H2,1-2H3. The normalized spacial score (nSPS) is 10.9. The van der Waals surface area contributed by atoms with Crippen molar-refractivity contribution in [3.63, 3.8) is 0 Å². The van der Waals surface area contributed by atoms with Crippen LogP contribution in [-0.2, 0) is 11.3 Å². The zero-order valence-electron chi connectivity index (χ0n) is 16.6. The van der Waals surface area contributed by atoms with E-state index in [1.807, 2.05) is 32.0 Å². The van der Waals surface area contributed by atoms with Gasteiger partial charge in [0, 0.05) is 12.4 Å². The average Bonchev–Trinajstić information content (AvgIpc) is 3.19. The molecule has 0 N–H and O–H groups in total. The zero-order chi connectivity index (χ0) is 21.1. The van der Waals surface area contributed by atoms with Crippen molar-refractivity contribution in [1.82, 2.24) is 9.97 Å². The second kappa shape index (κ2) is 8.59. The van der Waals surface area contributed by atoms with Gasteiger partial charge < -0.3 is 4.74 Å². The van der Waals surface area contributed by atoms with Crippen molar-refractivity contribution in [2.75, 3.05) is 11.5 Å². The van der Waals surface area contributed by atoms with E-state index < -0.39 is 0 Å². The number of anilines is 1. The Balaban J connectivity index is 1.63. The average molecular weight is 421 g/mol. The van der Waals surface area contributed by atoms with Crippen LogP contribution in [0.2, 0.25) is 0 Å². The number of nitrogens with zero attached hydrogens (tertiary/aromatic N) is 3. The van der Waals surface area contributed by atoms with Gasteiger partial charge in [0.1, 0.15) is 11.6 Å². The lowest BCUT2D eigenvalue weighted by molar-refractivity contribution is -0.120. The van der Waals surface area contributed by atoms with Gasteiger partial charge in [-0.1, -0.05) is 23.5 Å². The highest BCUT2D eigenvalue weighted by Gasteiger charge is 2.22. The van der Waals surface area contributed by atoms with Crippen molar-refractivity contribution in [2.24, 2.45) is 0 Å². The van der Waals surface area contributed by atoms with E-state index in [2.05, 4.69) is 11.1 Å². The summed E-state index contributed by atoms with van der Waals surface area (Å²) in [6, 6.07) is 13.4. The molecule has 4 aromatic rings. The topological polar surface area (TPSA) is 55.3 Å². The van der Waals surface area contributed by atoms with E-state index in [0.717, 1.165) is 26.9 Å². The second-order valence-corrected chi connectivity index (χ2v) is 7.94. The number of fused-ring (bicyclic) bond motifs is 1. The van der Waals surface area contributed by atoms with E-state index in [0.29, 0.717) is 17.4 Å². The summed E-state index contributed by atoms with van der Waals surface area (Å²) in [5, 5.41) is 0.607. The highest BCUT2D eigenvalue weighted by atomic mass is 32.1. The number of thiazole rings is 1. The molecule has 0 aliphatic heterocycles. The molecule has 2 aromatic heterocycles. The van der Waals surface area contributed by atoms with Crippen LogP contribution in [0.1, 0.15) is 16.7 Å². The monoisotopic (exact) mass is 421 g/mol. The van der Waals surface area contributed by atoms with Gasteiger partial charge in [0.2, 0.25) is 0 Å². The van der Waals surface area contributed by atoms with Crippen LogP contribution in [-0.4, -0.2) is 22.5 Å². The Morgan fingerprint density at radius 2 is 1.93 bits per heavy atom. The SMILES string of the molecule is Cc1ccc2sc(N(Cc3cccnc3)C(=O)COc3ccc(F)cc3)nc2c1C. The fraction of sp³-hybridized carbons (Fsp3) is 0.174. The maximum absolute atomic E-state index is 13.1. The van der Waals surface area contributed by atoms with Crippen LogP contribution in [0.4, 0.5) is 9.52 Å². The first-order valence-electron chi connectivity index (χ1n) is 9.45. The Morgan fingerprint density at radius 1 is 1.13 bits per heavy atom. The molecule has 30 heavy (non-hydrogen) atoms. The van der Waals surface area contributed by atoms with Gasteiger partial charge in [-0.15, -0.1) is 0 Å². The van der Waals surface area contributed by atoms with Crippen molar-refractivity contribution in [1.29, 1.82) is 0 Å². The van der Waals surface area contributed by atoms with E-state index in [-0.39, 0.29) is 18.3 Å². The number of halogens is 1. The molecule has 0 aliphatic rings. The quantitative estimate of drug-likeness (QED) is 0.437. The number of rotatable bonds is 6. The van der Waals surface area contributed by atoms with Gasteiger partial charge in [0.25, 0.3) is 5.91 Å². The minimum atomic E-state index is -0.355. The second-order valence-electron chi connectivity index (χ2n) is 6.93.